The maximum atomic E-state index is 13.0. The molecule has 1 heterocycles. The number of primary amides is 1. The summed E-state index contributed by atoms with van der Waals surface area (Å²) >= 11 is 0. The molecule has 148 valence electrons. The Morgan fingerprint density at radius 1 is 1.03 bits per heavy atom. The molecule has 0 aliphatic rings. The molecule has 3 aromatic rings. The molecule has 0 spiro atoms. The van der Waals surface area contributed by atoms with Gasteiger partial charge in [0.15, 0.2) is 5.82 Å². The molecule has 0 aliphatic carbocycles. The molecule has 3 rings (SSSR count). The van der Waals surface area contributed by atoms with E-state index in [2.05, 4.69) is 15.3 Å². The third-order valence-electron chi connectivity index (χ3n) is 3.79. The molecule has 1 aromatic heterocycles. The predicted octanol–water partition coefficient (Wildman–Crippen LogP) is 3.06. The van der Waals surface area contributed by atoms with E-state index >= 15 is 0 Å². The van der Waals surface area contributed by atoms with E-state index in [1.54, 1.807) is 24.3 Å². The maximum Gasteiger partial charge on any atom is 0.305 e. The second kappa shape index (κ2) is 8.79. The molecule has 2 aromatic carbocycles. The first-order chi connectivity index (χ1) is 13.9. The Balaban J connectivity index is 1.80. The molecule has 0 radical (unpaired) electrons. The van der Waals surface area contributed by atoms with Crippen molar-refractivity contribution >= 4 is 17.7 Å². The van der Waals surface area contributed by atoms with E-state index in [0.717, 1.165) is 0 Å². The van der Waals surface area contributed by atoms with Crippen molar-refractivity contribution in [2.75, 3.05) is 11.9 Å². The van der Waals surface area contributed by atoms with Gasteiger partial charge in [-0.15, -0.1) is 0 Å². The molecular weight excluding hydrogens is 379 g/mol. The molecule has 9 heteroatoms. The van der Waals surface area contributed by atoms with E-state index in [1.807, 2.05) is 0 Å². The van der Waals surface area contributed by atoms with Gasteiger partial charge in [-0.1, -0.05) is 0 Å². The summed E-state index contributed by atoms with van der Waals surface area (Å²) in [5.41, 5.74) is 5.93. The van der Waals surface area contributed by atoms with Gasteiger partial charge >= 0.3 is 5.97 Å². The monoisotopic (exact) mass is 396 g/mol. The molecule has 0 atom stereocenters. The number of ether oxygens (including phenoxy) is 1. The van der Waals surface area contributed by atoms with Crippen LogP contribution in [0.25, 0.3) is 11.4 Å². The number of halogens is 1. The third-order valence-corrected chi connectivity index (χ3v) is 3.79. The molecule has 1 amide bonds. The van der Waals surface area contributed by atoms with Crippen molar-refractivity contribution in [2.24, 2.45) is 5.73 Å². The number of rotatable bonds is 8. The van der Waals surface area contributed by atoms with Crippen molar-refractivity contribution in [1.82, 2.24) is 9.97 Å². The highest BCUT2D eigenvalue weighted by Crippen LogP contribution is 2.25. The number of nitrogens with one attached hydrogen (secondary N) is 1. The number of nitrogens with two attached hydrogens (primary N) is 1. The first kappa shape index (κ1) is 19.7. The van der Waals surface area contributed by atoms with Crippen molar-refractivity contribution in [1.29, 1.82) is 0 Å². The standard InChI is InChI=1S/C20H17FN4O4/c21-13-3-7-15(8-4-13)29-14-5-1-12(2-6-14)20-24-16(19(22)28)11-17(25-20)23-10-9-18(26)27/h1-8,11H,9-10H2,(H2,22,28)(H,26,27)(H,23,24,25). The van der Waals surface area contributed by atoms with Gasteiger partial charge in [0.05, 0.1) is 6.42 Å². The molecule has 0 fully saturated rings. The van der Waals surface area contributed by atoms with Gasteiger partial charge in [0.25, 0.3) is 5.91 Å². The summed E-state index contributed by atoms with van der Waals surface area (Å²) in [6, 6.07) is 13.7. The van der Waals surface area contributed by atoms with Crippen LogP contribution in [0.15, 0.2) is 54.6 Å². The number of carboxylic acid groups (broad SMARTS) is 1. The summed E-state index contributed by atoms with van der Waals surface area (Å²) in [6.45, 7) is 0.133. The molecule has 0 saturated carbocycles. The van der Waals surface area contributed by atoms with Gasteiger partial charge in [0, 0.05) is 18.2 Å². The van der Waals surface area contributed by atoms with Crippen LogP contribution >= 0.6 is 0 Å². The largest absolute Gasteiger partial charge is 0.481 e. The number of carbonyl (C=O) groups excluding carboxylic acids is 1. The van der Waals surface area contributed by atoms with Crippen LogP contribution in [0.3, 0.4) is 0 Å². The summed E-state index contributed by atoms with van der Waals surface area (Å²) < 4.78 is 18.6. The number of nitrogens with zero attached hydrogens (tertiary/aromatic N) is 2. The quantitative estimate of drug-likeness (QED) is 0.534. The van der Waals surface area contributed by atoms with Gasteiger partial charge in [-0.3, -0.25) is 9.59 Å². The summed E-state index contributed by atoms with van der Waals surface area (Å²) in [4.78, 5) is 30.7. The minimum atomic E-state index is -0.960. The van der Waals surface area contributed by atoms with Gasteiger partial charge in [0.2, 0.25) is 0 Å². The highest BCUT2D eigenvalue weighted by molar-refractivity contribution is 5.92. The molecular formula is C20H17FN4O4. The molecule has 0 saturated heterocycles. The van der Waals surface area contributed by atoms with Crippen molar-refractivity contribution in [3.05, 3.63) is 66.1 Å². The van der Waals surface area contributed by atoms with Crippen LogP contribution in [0.5, 0.6) is 11.5 Å². The minimum Gasteiger partial charge on any atom is -0.481 e. The summed E-state index contributed by atoms with van der Waals surface area (Å²) in [5, 5.41) is 11.6. The lowest BCUT2D eigenvalue weighted by Gasteiger charge is -2.09. The third kappa shape index (κ3) is 5.48. The van der Waals surface area contributed by atoms with E-state index in [-0.39, 0.29) is 36.1 Å². The Morgan fingerprint density at radius 2 is 1.66 bits per heavy atom. The molecule has 0 aliphatic heterocycles. The molecule has 0 bridgehead atoms. The number of hydrogen-bond acceptors (Lipinski definition) is 6. The van der Waals surface area contributed by atoms with Crippen molar-refractivity contribution < 1.29 is 23.8 Å². The summed E-state index contributed by atoms with van der Waals surface area (Å²) in [5.74, 6) is -0.511. The molecule has 29 heavy (non-hydrogen) atoms. The van der Waals surface area contributed by atoms with E-state index < -0.39 is 11.9 Å². The fourth-order valence-corrected chi connectivity index (χ4v) is 2.40. The Bertz CT molecular complexity index is 1020. The van der Waals surface area contributed by atoms with Gasteiger partial charge in [-0.2, -0.15) is 0 Å². The number of amides is 1. The SMILES string of the molecule is NC(=O)c1cc(NCCC(=O)O)nc(-c2ccc(Oc3ccc(F)cc3)cc2)n1. The average molecular weight is 396 g/mol. The number of aromatic nitrogens is 2. The summed E-state index contributed by atoms with van der Waals surface area (Å²) in [6.07, 6.45) is -0.110. The zero-order valence-corrected chi connectivity index (χ0v) is 15.1. The topological polar surface area (TPSA) is 127 Å². The lowest BCUT2D eigenvalue weighted by atomic mass is 10.2. The van der Waals surface area contributed by atoms with Crippen LogP contribution in [0.2, 0.25) is 0 Å². The predicted molar refractivity (Wildman–Crippen MR) is 103 cm³/mol. The van der Waals surface area contributed by atoms with E-state index in [1.165, 1.54) is 30.3 Å². The van der Waals surface area contributed by atoms with Crippen molar-refractivity contribution in [3.8, 4) is 22.9 Å². The second-order valence-corrected chi connectivity index (χ2v) is 5.98. The number of benzene rings is 2. The lowest BCUT2D eigenvalue weighted by Crippen LogP contribution is -2.16. The Kier molecular flexibility index (Phi) is 5.98. The van der Waals surface area contributed by atoms with Crippen LogP contribution in [-0.4, -0.2) is 33.5 Å². The van der Waals surface area contributed by atoms with Gasteiger partial charge in [0.1, 0.15) is 28.8 Å². The smallest absolute Gasteiger partial charge is 0.305 e. The van der Waals surface area contributed by atoms with Crippen molar-refractivity contribution in [2.45, 2.75) is 6.42 Å². The zero-order chi connectivity index (χ0) is 20.8. The van der Waals surface area contributed by atoms with Gasteiger partial charge in [-0.25, -0.2) is 14.4 Å². The molecule has 0 unspecified atom stereocenters. The van der Waals surface area contributed by atoms with Crippen LogP contribution in [0, 0.1) is 5.82 Å². The average Bonchev–Trinajstić information content (AvgIpc) is 2.70. The zero-order valence-electron chi connectivity index (χ0n) is 15.1. The number of anilines is 1. The Hall–Kier alpha value is -4.01. The van der Waals surface area contributed by atoms with Gasteiger partial charge in [-0.05, 0) is 48.5 Å². The number of hydrogen-bond donors (Lipinski definition) is 3. The normalized spacial score (nSPS) is 10.4. The fourth-order valence-electron chi connectivity index (χ4n) is 2.40. The second-order valence-electron chi connectivity index (χ2n) is 5.98. The van der Waals surface area contributed by atoms with E-state index in [0.29, 0.717) is 17.1 Å². The fraction of sp³-hybridized carbons (Fsp3) is 0.100. The lowest BCUT2D eigenvalue weighted by molar-refractivity contribution is -0.136. The van der Waals surface area contributed by atoms with Crippen LogP contribution in [-0.2, 0) is 4.79 Å². The first-order valence-electron chi connectivity index (χ1n) is 8.59. The molecule has 8 nitrogen and oxygen atoms in total. The van der Waals surface area contributed by atoms with Gasteiger partial charge < -0.3 is 20.9 Å². The minimum absolute atomic E-state index is 0.000497. The van der Waals surface area contributed by atoms with Crippen LogP contribution in [0.4, 0.5) is 10.2 Å². The molecule has 4 N–H and O–H groups in total. The highest BCUT2D eigenvalue weighted by Gasteiger charge is 2.11. The maximum absolute atomic E-state index is 13.0. The number of carboxylic acids is 1. The first-order valence-corrected chi connectivity index (χ1v) is 8.59. The van der Waals surface area contributed by atoms with E-state index in [4.69, 9.17) is 15.6 Å². The van der Waals surface area contributed by atoms with Crippen LogP contribution in [0.1, 0.15) is 16.9 Å². The Labute approximate surface area is 165 Å². The van der Waals surface area contributed by atoms with E-state index in [9.17, 15) is 14.0 Å². The van der Waals surface area contributed by atoms with Crippen LogP contribution < -0.4 is 15.8 Å². The Morgan fingerprint density at radius 3 is 2.24 bits per heavy atom. The van der Waals surface area contributed by atoms with Crippen molar-refractivity contribution in [3.63, 3.8) is 0 Å². The number of aliphatic carboxylic acids is 1. The summed E-state index contributed by atoms with van der Waals surface area (Å²) in [7, 11) is 0. The number of carbonyl (C=O) groups is 2. The highest BCUT2D eigenvalue weighted by atomic mass is 19.1.